The highest BCUT2D eigenvalue weighted by molar-refractivity contribution is 5.94. The van der Waals surface area contributed by atoms with E-state index in [0.717, 1.165) is 6.20 Å². The number of nitrogens with one attached hydrogen (secondary N) is 1. The van der Waals surface area contributed by atoms with E-state index in [1.807, 2.05) is 0 Å². The number of amidine groups is 1. The lowest BCUT2D eigenvalue weighted by Gasteiger charge is -2.06. The molecule has 106 valence electrons. The van der Waals surface area contributed by atoms with Gasteiger partial charge in [-0.15, -0.1) is 0 Å². The molecule has 0 aliphatic heterocycles. The minimum absolute atomic E-state index is 0.170. The topological polar surface area (TPSA) is 107 Å². The predicted molar refractivity (Wildman–Crippen MR) is 72.0 cm³/mol. The van der Waals surface area contributed by atoms with Crippen LogP contribution in [0, 0.1) is 11.2 Å². The summed E-state index contributed by atoms with van der Waals surface area (Å²) in [5.41, 5.74) is 7.29. The number of aromatic nitrogens is 4. The highest BCUT2D eigenvalue weighted by atomic mass is 19.1. The van der Waals surface area contributed by atoms with Crippen molar-refractivity contribution in [2.24, 2.45) is 5.73 Å². The number of hydrogen-bond acceptors (Lipinski definition) is 5. The van der Waals surface area contributed by atoms with Crippen molar-refractivity contribution in [1.29, 1.82) is 5.41 Å². The lowest BCUT2D eigenvalue weighted by Crippen LogP contribution is -2.13. The van der Waals surface area contributed by atoms with Gasteiger partial charge in [0.15, 0.2) is 0 Å². The molecule has 3 aromatic heterocycles. The minimum Gasteiger partial charge on any atom is -0.382 e. The molecule has 0 saturated carbocycles. The first-order valence-electron chi connectivity index (χ1n) is 6.06. The maximum absolute atomic E-state index is 13.7. The van der Waals surface area contributed by atoms with Crippen molar-refractivity contribution >= 4 is 5.84 Å². The third kappa shape index (κ3) is 2.50. The Bertz CT molecular complexity index is 780. The summed E-state index contributed by atoms with van der Waals surface area (Å²) in [4.78, 5) is 3.71. The molecule has 0 aliphatic carbocycles. The van der Waals surface area contributed by atoms with Crippen LogP contribution in [0.3, 0.4) is 0 Å². The van der Waals surface area contributed by atoms with Crippen LogP contribution in [0.15, 0.2) is 41.4 Å². The average Bonchev–Trinajstić information content (AvgIpc) is 3.10. The van der Waals surface area contributed by atoms with Crippen molar-refractivity contribution in [2.75, 3.05) is 0 Å². The van der Waals surface area contributed by atoms with E-state index in [1.165, 1.54) is 17.1 Å². The Morgan fingerprint density at radius 1 is 1.43 bits per heavy atom. The standard InChI is InChI=1S/C13H11FN6O/c14-9-6-17-3-1-8(9)7-20-12(10-2-4-21-19-10)5-11(18-20)13(15)16/h1-6H,7H2,(H3,15,16). The lowest BCUT2D eigenvalue weighted by molar-refractivity contribution is 0.421. The van der Waals surface area contributed by atoms with Gasteiger partial charge < -0.3 is 10.3 Å². The SMILES string of the molecule is N=C(N)c1cc(-c2ccon2)n(Cc2ccncc2F)n1. The van der Waals surface area contributed by atoms with E-state index in [9.17, 15) is 4.39 Å². The molecule has 0 atom stereocenters. The molecule has 0 bridgehead atoms. The number of nitrogens with two attached hydrogens (primary N) is 1. The molecule has 0 saturated heterocycles. The first-order chi connectivity index (χ1) is 10.1. The molecule has 21 heavy (non-hydrogen) atoms. The molecule has 0 aromatic carbocycles. The Kier molecular flexibility index (Phi) is 3.19. The van der Waals surface area contributed by atoms with Gasteiger partial charge in [0.25, 0.3) is 0 Å². The third-order valence-electron chi connectivity index (χ3n) is 2.93. The predicted octanol–water partition coefficient (Wildman–Crippen LogP) is 1.40. The molecule has 8 heteroatoms. The molecule has 3 rings (SSSR count). The van der Waals surface area contributed by atoms with E-state index in [1.54, 1.807) is 18.2 Å². The molecular formula is C13H11FN6O. The molecule has 7 nitrogen and oxygen atoms in total. The fourth-order valence-corrected chi connectivity index (χ4v) is 1.91. The van der Waals surface area contributed by atoms with Crippen LogP contribution in [-0.2, 0) is 6.54 Å². The Morgan fingerprint density at radius 3 is 2.95 bits per heavy atom. The fraction of sp³-hybridized carbons (Fsp3) is 0.0769. The second kappa shape index (κ2) is 5.16. The molecule has 0 aliphatic rings. The largest absolute Gasteiger partial charge is 0.382 e. The first-order valence-corrected chi connectivity index (χ1v) is 6.06. The van der Waals surface area contributed by atoms with Crippen LogP contribution in [0.1, 0.15) is 11.3 Å². The van der Waals surface area contributed by atoms with Crippen LogP contribution >= 0.6 is 0 Å². The zero-order chi connectivity index (χ0) is 14.8. The van der Waals surface area contributed by atoms with Crippen molar-refractivity contribution in [3.63, 3.8) is 0 Å². The summed E-state index contributed by atoms with van der Waals surface area (Å²) in [6.45, 7) is 0.170. The molecule has 3 N–H and O–H groups in total. The minimum atomic E-state index is -0.427. The van der Waals surface area contributed by atoms with Gasteiger partial charge >= 0.3 is 0 Å². The van der Waals surface area contributed by atoms with Gasteiger partial charge in [0.2, 0.25) is 0 Å². The number of rotatable bonds is 4. The van der Waals surface area contributed by atoms with Gasteiger partial charge in [-0.05, 0) is 12.1 Å². The smallest absolute Gasteiger partial charge is 0.146 e. The lowest BCUT2D eigenvalue weighted by atomic mass is 10.2. The third-order valence-corrected chi connectivity index (χ3v) is 2.93. The monoisotopic (exact) mass is 286 g/mol. The molecule has 0 radical (unpaired) electrons. The van der Waals surface area contributed by atoms with Crippen LogP contribution in [0.5, 0.6) is 0 Å². The second-order valence-electron chi connectivity index (χ2n) is 4.34. The Hall–Kier alpha value is -3.03. The normalized spacial score (nSPS) is 10.7. The number of nitrogen functional groups attached to an aromatic ring is 1. The van der Waals surface area contributed by atoms with Crippen molar-refractivity contribution in [3.05, 3.63) is 53.9 Å². The van der Waals surface area contributed by atoms with Crippen LogP contribution in [0.2, 0.25) is 0 Å². The molecule has 0 spiro atoms. The van der Waals surface area contributed by atoms with Gasteiger partial charge in [-0.2, -0.15) is 5.10 Å². The number of hydrogen-bond donors (Lipinski definition) is 2. The van der Waals surface area contributed by atoms with Gasteiger partial charge in [0, 0.05) is 17.8 Å². The number of pyridine rings is 1. The van der Waals surface area contributed by atoms with Crippen LogP contribution < -0.4 is 5.73 Å². The average molecular weight is 286 g/mol. The van der Waals surface area contributed by atoms with E-state index >= 15 is 0 Å². The van der Waals surface area contributed by atoms with Gasteiger partial charge in [-0.25, -0.2) is 4.39 Å². The first kappa shape index (κ1) is 13.0. The van der Waals surface area contributed by atoms with Crippen molar-refractivity contribution in [3.8, 4) is 11.4 Å². The molecular weight excluding hydrogens is 275 g/mol. The summed E-state index contributed by atoms with van der Waals surface area (Å²) >= 11 is 0. The van der Waals surface area contributed by atoms with Crippen LogP contribution in [-0.4, -0.2) is 25.8 Å². The molecule has 0 unspecified atom stereocenters. The summed E-state index contributed by atoms with van der Waals surface area (Å²) in [6.07, 6.45) is 4.07. The summed E-state index contributed by atoms with van der Waals surface area (Å²) in [5, 5.41) is 15.5. The van der Waals surface area contributed by atoms with Crippen LogP contribution in [0.25, 0.3) is 11.4 Å². The molecule has 3 aromatic rings. The van der Waals surface area contributed by atoms with Crippen LogP contribution in [0.4, 0.5) is 4.39 Å². The van der Waals surface area contributed by atoms with Crippen molar-refractivity contribution in [1.82, 2.24) is 19.9 Å². The summed E-state index contributed by atoms with van der Waals surface area (Å²) in [7, 11) is 0. The van der Waals surface area contributed by atoms with Crippen molar-refractivity contribution < 1.29 is 8.91 Å². The summed E-state index contributed by atoms with van der Waals surface area (Å²) in [6, 6.07) is 4.83. The van der Waals surface area contributed by atoms with Gasteiger partial charge in [0.1, 0.15) is 29.3 Å². The highest BCUT2D eigenvalue weighted by Crippen LogP contribution is 2.20. The summed E-state index contributed by atoms with van der Waals surface area (Å²) < 4.78 is 20.0. The fourth-order valence-electron chi connectivity index (χ4n) is 1.91. The van der Waals surface area contributed by atoms with Gasteiger partial charge in [0.05, 0.1) is 18.4 Å². The van der Waals surface area contributed by atoms with Gasteiger partial charge in [-0.3, -0.25) is 15.1 Å². The molecule has 3 heterocycles. The number of nitrogens with zero attached hydrogens (tertiary/aromatic N) is 4. The van der Waals surface area contributed by atoms with E-state index in [0.29, 0.717) is 22.6 Å². The second-order valence-corrected chi connectivity index (χ2v) is 4.34. The number of halogens is 1. The quantitative estimate of drug-likeness (QED) is 0.557. The van der Waals surface area contributed by atoms with E-state index in [2.05, 4.69) is 15.2 Å². The maximum atomic E-state index is 13.7. The maximum Gasteiger partial charge on any atom is 0.146 e. The molecule has 0 fully saturated rings. The van der Waals surface area contributed by atoms with Crippen molar-refractivity contribution in [2.45, 2.75) is 6.54 Å². The Labute approximate surface area is 118 Å². The Morgan fingerprint density at radius 2 is 2.29 bits per heavy atom. The summed E-state index contributed by atoms with van der Waals surface area (Å²) in [5.74, 6) is -0.600. The van der Waals surface area contributed by atoms with E-state index < -0.39 is 5.82 Å². The van der Waals surface area contributed by atoms with E-state index in [4.69, 9.17) is 15.7 Å². The van der Waals surface area contributed by atoms with Gasteiger partial charge in [-0.1, -0.05) is 5.16 Å². The zero-order valence-electron chi connectivity index (χ0n) is 10.8. The highest BCUT2D eigenvalue weighted by Gasteiger charge is 2.15. The molecule has 0 amide bonds. The zero-order valence-corrected chi connectivity index (χ0v) is 10.8. The Balaban J connectivity index is 2.05. The van der Waals surface area contributed by atoms with E-state index in [-0.39, 0.29) is 12.4 Å².